The van der Waals surface area contributed by atoms with Crippen molar-refractivity contribution in [2.24, 2.45) is 0 Å². The summed E-state index contributed by atoms with van der Waals surface area (Å²) in [7, 11) is 0. The fourth-order valence-corrected chi connectivity index (χ4v) is 3.42. The van der Waals surface area contributed by atoms with E-state index in [4.69, 9.17) is 4.52 Å². The Morgan fingerprint density at radius 1 is 1.20 bits per heavy atom. The van der Waals surface area contributed by atoms with Crippen LogP contribution in [0.5, 0.6) is 0 Å². The molecule has 1 aliphatic heterocycles. The molecule has 3 rings (SSSR count). The number of nitrogens with zero attached hydrogens (tertiary/aromatic N) is 3. The van der Waals surface area contributed by atoms with Crippen molar-refractivity contribution in [2.45, 2.75) is 46.1 Å². The largest absolute Gasteiger partial charge is 0.340 e. The summed E-state index contributed by atoms with van der Waals surface area (Å²) in [4.78, 5) is 16.2. The molecule has 5 nitrogen and oxygen atoms in total. The Labute approximate surface area is 149 Å². The van der Waals surface area contributed by atoms with E-state index in [1.54, 1.807) is 6.92 Å². The molecule has 2 heterocycles. The van der Waals surface area contributed by atoms with Crippen LogP contribution in [0.3, 0.4) is 0 Å². The molecule has 1 aliphatic rings. The molecule has 0 saturated carbocycles. The third-order valence-corrected chi connectivity index (χ3v) is 4.75. The fraction of sp³-hybridized carbons (Fsp3) is 0.500. The molecule has 0 spiro atoms. The Balaban J connectivity index is 1.98. The number of hydrogen-bond donors (Lipinski definition) is 0. The van der Waals surface area contributed by atoms with Gasteiger partial charge in [0.15, 0.2) is 0 Å². The minimum absolute atomic E-state index is 0.0895. The highest BCUT2D eigenvalue weighted by atomic mass is 16.5. The Morgan fingerprint density at radius 3 is 2.56 bits per heavy atom. The molecular formula is C20H27N3O2. The maximum absolute atomic E-state index is 12.1. The lowest BCUT2D eigenvalue weighted by atomic mass is 10.1. The average molecular weight is 341 g/mol. The fourth-order valence-electron chi connectivity index (χ4n) is 3.42. The quantitative estimate of drug-likeness (QED) is 0.794. The molecule has 5 heteroatoms. The number of rotatable bonds is 6. The van der Waals surface area contributed by atoms with Gasteiger partial charge in [-0.25, -0.2) is 0 Å². The van der Waals surface area contributed by atoms with Crippen LogP contribution in [0, 0.1) is 0 Å². The molecule has 0 unspecified atom stereocenters. The van der Waals surface area contributed by atoms with Gasteiger partial charge < -0.3 is 14.3 Å². The van der Waals surface area contributed by atoms with Crippen LogP contribution in [0.4, 0.5) is 5.88 Å². The Hall–Kier alpha value is -2.30. The summed E-state index contributed by atoms with van der Waals surface area (Å²) < 4.78 is 5.79. The number of piperidine rings is 1. The highest BCUT2D eigenvalue weighted by molar-refractivity contribution is 5.75. The number of carbonyl (C=O) groups excluding carboxylic acids is 1. The van der Waals surface area contributed by atoms with Gasteiger partial charge in [-0.15, -0.1) is 0 Å². The molecule has 134 valence electrons. The van der Waals surface area contributed by atoms with Gasteiger partial charge in [0, 0.05) is 32.1 Å². The second-order valence-electron chi connectivity index (χ2n) is 6.67. The summed E-state index contributed by atoms with van der Waals surface area (Å²) in [6.07, 6.45) is 4.55. The molecule has 1 aromatic heterocycles. The average Bonchev–Trinajstić information content (AvgIpc) is 3.06. The van der Waals surface area contributed by atoms with Crippen molar-refractivity contribution < 1.29 is 9.32 Å². The number of carbonyl (C=O) groups is 1. The van der Waals surface area contributed by atoms with Crippen molar-refractivity contribution in [3.8, 4) is 11.3 Å². The number of anilines is 1. The summed E-state index contributed by atoms with van der Waals surface area (Å²) in [5.74, 6) is 0.924. The zero-order valence-corrected chi connectivity index (χ0v) is 15.2. The Bertz CT molecular complexity index is 690. The van der Waals surface area contributed by atoms with Gasteiger partial charge in [0.1, 0.15) is 5.69 Å². The molecular weight excluding hydrogens is 314 g/mol. The van der Waals surface area contributed by atoms with Gasteiger partial charge in [-0.05, 0) is 25.7 Å². The molecule has 1 aromatic carbocycles. The van der Waals surface area contributed by atoms with Crippen molar-refractivity contribution in [2.75, 3.05) is 24.5 Å². The van der Waals surface area contributed by atoms with Crippen molar-refractivity contribution in [3.05, 3.63) is 35.9 Å². The normalized spacial score (nSPS) is 14.6. The lowest BCUT2D eigenvalue weighted by molar-refractivity contribution is -0.129. The number of hydrogen-bond acceptors (Lipinski definition) is 4. The molecule has 0 atom stereocenters. The van der Waals surface area contributed by atoms with Gasteiger partial charge in [-0.2, -0.15) is 0 Å². The van der Waals surface area contributed by atoms with Crippen LogP contribution in [0.2, 0.25) is 0 Å². The molecule has 0 aliphatic carbocycles. The van der Waals surface area contributed by atoms with E-state index < -0.39 is 0 Å². The zero-order chi connectivity index (χ0) is 17.6. The van der Waals surface area contributed by atoms with Gasteiger partial charge in [0.25, 0.3) is 0 Å². The predicted molar refractivity (Wildman–Crippen MR) is 99.4 cm³/mol. The van der Waals surface area contributed by atoms with Gasteiger partial charge >= 0.3 is 0 Å². The third-order valence-electron chi connectivity index (χ3n) is 4.75. The van der Waals surface area contributed by atoms with E-state index in [1.165, 1.54) is 19.3 Å². The van der Waals surface area contributed by atoms with Crippen LogP contribution in [-0.2, 0) is 11.3 Å². The third kappa shape index (κ3) is 4.03. The highest BCUT2D eigenvalue weighted by Crippen LogP contribution is 2.33. The highest BCUT2D eigenvalue weighted by Gasteiger charge is 2.25. The molecule has 0 bridgehead atoms. The van der Waals surface area contributed by atoms with Gasteiger partial charge in [-0.1, -0.05) is 42.4 Å². The lowest BCUT2D eigenvalue weighted by Crippen LogP contribution is -2.32. The number of amides is 1. The van der Waals surface area contributed by atoms with Crippen LogP contribution in [0.15, 0.2) is 34.9 Å². The van der Waals surface area contributed by atoms with E-state index in [0.29, 0.717) is 6.54 Å². The number of aromatic nitrogens is 1. The lowest BCUT2D eigenvalue weighted by Gasteiger charge is -2.28. The molecule has 0 radical (unpaired) electrons. The topological polar surface area (TPSA) is 49.6 Å². The van der Waals surface area contributed by atoms with E-state index in [2.05, 4.69) is 17.0 Å². The van der Waals surface area contributed by atoms with E-state index in [1.807, 2.05) is 35.2 Å². The first-order chi connectivity index (χ1) is 12.2. The molecule has 2 aromatic rings. The van der Waals surface area contributed by atoms with E-state index in [-0.39, 0.29) is 5.91 Å². The molecule has 1 fully saturated rings. The minimum Gasteiger partial charge on any atom is -0.340 e. The SMILES string of the molecule is CCCN(Cc1c(-c2ccccc2)noc1N1CCCCC1)C(C)=O. The van der Waals surface area contributed by atoms with Crippen LogP contribution >= 0.6 is 0 Å². The van der Waals surface area contributed by atoms with Gasteiger partial charge in [-0.3, -0.25) is 4.79 Å². The monoisotopic (exact) mass is 341 g/mol. The number of benzene rings is 1. The molecule has 1 saturated heterocycles. The summed E-state index contributed by atoms with van der Waals surface area (Å²) in [6, 6.07) is 10.1. The minimum atomic E-state index is 0.0895. The standard InChI is InChI=1S/C20H27N3O2/c1-3-12-23(16(2)24)15-18-19(17-10-6-4-7-11-17)21-25-20(18)22-13-8-5-9-14-22/h4,6-7,10-11H,3,5,8-9,12-15H2,1-2H3. The van der Waals surface area contributed by atoms with E-state index >= 15 is 0 Å². The van der Waals surface area contributed by atoms with Crippen molar-refractivity contribution in [1.29, 1.82) is 0 Å². The van der Waals surface area contributed by atoms with Crippen LogP contribution in [-0.4, -0.2) is 35.6 Å². The zero-order valence-electron chi connectivity index (χ0n) is 15.2. The van der Waals surface area contributed by atoms with Crippen molar-refractivity contribution in [3.63, 3.8) is 0 Å². The summed E-state index contributed by atoms with van der Waals surface area (Å²) in [6.45, 7) is 6.99. The summed E-state index contributed by atoms with van der Waals surface area (Å²) in [5.41, 5.74) is 2.91. The van der Waals surface area contributed by atoms with Crippen LogP contribution < -0.4 is 4.90 Å². The van der Waals surface area contributed by atoms with E-state index in [0.717, 1.165) is 48.8 Å². The predicted octanol–water partition coefficient (Wildman–Crippen LogP) is 4.09. The van der Waals surface area contributed by atoms with Crippen molar-refractivity contribution >= 4 is 11.8 Å². The first-order valence-corrected chi connectivity index (χ1v) is 9.25. The Kier molecular flexibility index (Phi) is 5.74. The second-order valence-corrected chi connectivity index (χ2v) is 6.67. The van der Waals surface area contributed by atoms with E-state index in [9.17, 15) is 4.79 Å². The Morgan fingerprint density at radius 2 is 1.92 bits per heavy atom. The maximum atomic E-state index is 12.1. The molecule has 25 heavy (non-hydrogen) atoms. The second kappa shape index (κ2) is 8.19. The molecule has 0 N–H and O–H groups in total. The smallest absolute Gasteiger partial charge is 0.232 e. The maximum Gasteiger partial charge on any atom is 0.232 e. The van der Waals surface area contributed by atoms with Gasteiger partial charge in [0.2, 0.25) is 11.8 Å². The van der Waals surface area contributed by atoms with Crippen LogP contribution in [0.1, 0.15) is 45.1 Å². The van der Waals surface area contributed by atoms with Gasteiger partial charge in [0.05, 0.1) is 12.1 Å². The summed E-state index contributed by atoms with van der Waals surface area (Å²) in [5, 5.41) is 4.38. The molecule has 1 amide bonds. The first-order valence-electron chi connectivity index (χ1n) is 9.25. The first kappa shape index (κ1) is 17.5. The van der Waals surface area contributed by atoms with Crippen molar-refractivity contribution in [1.82, 2.24) is 10.1 Å². The summed E-state index contributed by atoms with van der Waals surface area (Å²) >= 11 is 0. The van der Waals surface area contributed by atoms with Crippen LogP contribution in [0.25, 0.3) is 11.3 Å².